The quantitative estimate of drug-likeness (QED) is 0.846. The number of nitrogens with zero attached hydrogens (tertiary/aromatic N) is 2. The third-order valence-electron chi connectivity index (χ3n) is 3.47. The lowest BCUT2D eigenvalue weighted by Gasteiger charge is -2.34. The van der Waals surface area contributed by atoms with Gasteiger partial charge in [-0.25, -0.2) is 9.97 Å². The van der Waals surface area contributed by atoms with Crippen LogP contribution >= 0.6 is 9.24 Å². The second kappa shape index (κ2) is 5.75. The lowest BCUT2D eigenvalue weighted by molar-refractivity contribution is -0.121. The van der Waals surface area contributed by atoms with Gasteiger partial charge in [-0.15, -0.1) is 9.24 Å². The molecule has 1 fully saturated rings. The van der Waals surface area contributed by atoms with Gasteiger partial charge >= 0.3 is 0 Å². The van der Waals surface area contributed by atoms with Crippen molar-refractivity contribution in [2.24, 2.45) is 0 Å². The number of nitrogens with one attached hydrogen (secondary N) is 1. The number of hydrogen-bond donors (Lipinski definition) is 1. The number of hydrogen-bond acceptors (Lipinski definition) is 3. The van der Waals surface area contributed by atoms with E-state index in [2.05, 4.69) is 31.4 Å². The van der Waals surface area contributed by atoms with Crippen molar-refractivity contribution in [1.29, 1.82) is 0 Å². The van der Waals surface area contributed by atoms with E-state index in [4.69, 9.17) is 0 Å². The highest BCUT2D eigenvalue weighted by Gasteiger charge is 2.27. The van der Waals surface area contributed by atoms with Crippen LogP contribution in [0.25, 0.3) is 0 Å². The Kier molecular flexibility index (Phi) is 4.28. The van der Waals surface area contributed by atoms with E-state index < -0.39 is 0 Å². The molecule has 1 atom stereocenters. The van der Waals surface area contributed by atoms with Crippen molar-refractivity contribution in [3.8, 4) is 0 Å². The summed E-state index contributed by atoms with van der Waals surface area (Å²) >= 11 is 0. The summed E-state index contributed by atoms with van der Waals surface area (Å²) < 4.78 is 0. The van der Waals surface area contributed by atoms with Gasteiger partial charge in [-0.05, 0) is 36.4 Å². The summed E-state index contributed by atoms with van der Waals surface area (Å²) in [6.45, 7) is 2.26. The highest BCUT2D eigenvalue weighted by molar-refractivity contribution is 7.18. The third-order valence-corrected chi connectivity index (χ3v) is 4.05. The Bertz CT molecular complexity index is 398. The van der Waals surface area contributed by atoms with Gasteiger partial charge in [-0.1, -0.05) is 6.92 Å². The van der Waals surface area contributed by atoms with E-state index >= 15 is 0 Å². The van der Waals surface area contributed by atoms with Crippen molar-refractivity contribution in [1.82, 2.24) is 15.3 Å². The molecule has 0 bridgehead atoms. The summed E-state index contributed by atoms with van der Waals surface area (Å²) in [6.07, 6.45) is 9.65. The molecular weight excluding hydrogens is 245 g/mol. The van der Waals surface area contributed by atoms with Crippen LogP contribution in [0.3, 0.4) is 0 Å². The second-order valence-electron chi connectivity index (χ2n) is 5.42. The number of carbonyl (C=O) groups is 1. The molecule has 5 heteroatoms. The monoisotopic (exact) mass is 265 g/mol. The van der Waals surface area contributed by atoms with Gasteiger partial charge in [0, 0.05) is 18.4 Å². The van der Waals surface area contributed by atoms with E-state index in [0.29, 0.717) is 17.6 Å². The van der Waals surface area contributed by atoms with Crippen molar-refractivity contribution < 1.29 is 4.79 Å². The molecule has 0 saturated heterocycles. The maximum atomic E-state index is 11.9. The minimum absolute atomic E-state index is 0.0714. The molecule has 0 radical (unpaired) electrons. The average Bonchev–Trinajstić information content (AvgIpc) is 2.33. The fraction of sp³-hybridized carbons (Fsp3) is 0.615. The Hall–Kier alpha value is -1.02. The smallest absolute Gasteiger partial charge is 0.224 e. The molecule has 0 aromatic carbocycles. The highest BCUT2D eigenvalue weighted by atomic mass is 31.0. The maximum Gasteiger partial charge on any atom is 0.224 e. The molecule has 0 aliphatic heterocycles. The molecule has 1 saturated carbocycles. The van der Waals surface area contributed by atoms with Gasteiger partial charge in [-0.3, -0.25) is 4.79 Å². The Morgan fingerprint density at radius 2 is 2.06 bits per heavy atom. The van der Waals surface area contributed by atoms with Crippen LogP contribution in [-0.4, -0.2) is 27.1 Å². The lowest BCUT2D eigenvalue weighted by Crippen LogP contribution is -2.40. The van der Waals surface area contributed by atoms with E-state index in [1.807, 2.05) is 0 Å². The van der Waals surface area contributed by atoms with Gasteiger partial charge in [0.1, 0.15) is 6.33 Å². The average molecular weight is 265 g/mol. The first-order chi connectivity index (χ1) is 8.55. The summed E-state index contributed by atoms with van der Waals surface area (Å²) in [4.78, 5) is 19.7. The third kappa shape index (κ3) is 4.02. The van der Waals surface area contributed by atoms with Crippen LogP contribution < -0.4 is 5.32 Å². The molecule has 1 aromatic rings. The number of aromatic nitrogens is 2. The molecule has 0 spiro atoms. The largest absolute Gasteiger partial charge is 0.353 e. The zero-order valence-electron chi connectivity index (χ0n) is 10.7. The molecule has 1 aromatic heterocycles. The van der Waals surface area contributed by atoms with Gasteiger partial charge in [-0.2, -0.15) is 0 Å². The Labute approximate surface area is 110 Å². The Morgan fingerprint density at radius 3 is 2.67 bits per heavy atom. The maximum absolute atomic E-state index is 11.9. The van der Waals surface area contributed by atoms with Crippen molar-refractivity contribution in [2.45, 2.75) is 50.2 Å². The minimum atomic E-state index is 0.0714. The number of carbonyl (C=O) groups excluding carboxylic acids is 1. The summed E-state index contributed by atoms with van der Waals surface area (Å²) in [5, 5.41) is 3.46. The highest BCUT2D eigenvalue weighted by Crippen LogP contribution is 2.35. The zero-order chi connectivity index (χ0) is 13.0. The van der Waals surface area contributed by atoms with E-state index in [-0.39, 0.29) is 5.91 Å². The van der Waals surface area contributed by atoms with Crippen molar-refractivity contribution in [3.63, 3.8) is 0 Å². The second-order valence-corrected chi connectivity index (χ2v) is 6.81. The van der Waals surface area contributed by atoms with Crippen molar-refractivity contribution in [3.05, 3.63) is 24.3 Å². The van der Waals surface area contributed by atoms with Gasteiger partial charge in [0.05, 0.1) is 6.42 Å². The normalized spacial score (nSPS) is 27.8. The van der Waals surface area contributed by atoms with Crippen LogP contribution in [0.4, 0.5) is 0 Å². The Balaban J connectivity index is 1.79. The van der Waals surface area contributed by atoms with E-state index in [0.717, 1.165) is 31.2 Å². The predicted molar refractivity (Wildman–Crippen MR) is 74.2 cm³/mol. The van der Waals surface area contributed by atoms with E-state index in [1.165, 1.54) is 6.33 Å². The van der Waals surface area contributed by atoms with Crippen LogP contribution in [0.5, 0.6) is 0 Å². The van der Waals surface area contributed by atoms with E-state index in [1.54, 1.807) is 12.4 Å². The summed E-state index contributed by atoms with van der Waals surface area (Å²) in [5.74, 6) is 0.0714. The molecule has 1 aliphatic rings. The first-order valence-corrected chi connectivity index (χ1v) is 6.95. The fourth-order valence-corrected chi connectivity index (χ4v) is 2.64. The van der Waals surface area contributed by atoms with Gasteiger partial charge in [0.15, 0.2) is 0 Å². The van der Waals surface area contributed by atoms with Gasteiger partial charge in [0.2, 0.25) is 5.91 Å². The summed E-state index contributed by atoms with van der Waals surface area (Å²) in [5.41, 5.74) is 0.863. The number of rotatable bonds is 3. The van der Waals surface area contributed by atoms with Crippen LogP contribution in [0, 0.1) is 0 Å². The SMILES string of the molecule is CC1(P)CCC(NC(=O)Cc2cncnc2)CC1. The first-order valence-electron chi connectivity index (χ1n) is 6.37. The molecule has 1 amide bonds. The molecular formula is C13H20N3OP. The van der Waals surface area contributed by atoms with Crippen LogP contribution in [0.2, 0.25) is 0 Å². The van der Waals surface area contributed by atoms with E-state index in [9.17, 15) is 4.79 Å². The molecule has 1 aliphatic carbocycles. The van der Waals surface area contributed by atoms with Gasteiger partial charge in [0.25, 0.3) is 0 Å². The predicted octanol–water partition coefficient (Wildman–Crippen LogP) is 1.71. The molecule has 1 unspecified atom stereocenters. The number of amides is 1. The molecule has 1 heterocycles. The van der Waals surface area contributed by atoms with Crippen LogP contribution in [0.1, 0.15) is 38.2 Å². The molecule has 2 rings (SSSR count). The Morgan fingerprint density at radius 1 is 1.44 bits per heavy atom. The summed E-state index contributed by atoms with van der Waals surface area (Å²) in [7, 11) is 2.93. The molecule has 18 heavy (non-hydrogen) atoms. The van der Waals surface area contributed by atoms with Gasteiger partial charge < -0.3 is 5.32 Å². The molecule has 98 valence electrons. The van der Waals surface area contributed by atoms with Crippen LogP contribution in [-0.2, 0) is 11.2 Å². The minimum Gasteiger partial charge on any atom is -0.353 e. The lowest BCUT2D eigenvalue weighted by atomic mass is 9.86. The topological polar surface area (TPSA) is 54.9 Å². The summed E-state index contributed by atoms with van der Waals surface area (Å²) in [6, 6.07) is 0.329. The molecule has 1 N–H and O–H groups in total. The van der Waals surface area contributed by atoms with Crippen molar-refractivity contribution >= 4 is 15.1 Å². The fourth-order valence-electron chi connectivity index (χ4n) is 2.31. The van der Waals surface area contributed by atoms with Crippen LogP contribution in [0.15, 0.2) is 18.7 Å². The zero-order valence-corrected chi connectivity index (χ0v) is 11.9. The van der Waals surface area contributed by atoms with Crippen molar-refractivity contribution in [2.75, 3.05) is 0 Å². The first kappa shape index (κ1) is 13.4. The molecule has 4 nitrogen and oxygen atoms in total. The standard InChI is InChI=1S/C13H20N3OP/c1-13(18)4-2-11(3-5-13)16-12(17)6-10-7-14-9-15-8-10/h7-9,11H,2-6,18H2,1H3,(H,16,17).